The molecule has 7 heteroatoms. The maximum Gasteiger partial charge on any atom is 0.274 e. The van der Waals surface area contributed by atoms with Crippen LogP contribution in [0.1, 0.15) is 22.5 Å². The van der Waals surface area contributed by atoms with Crippen LogP contribution in [0.4, 0.5) is 0 Å². The Labute approximate surface area is 127 Å². The molecule has 0 N–H and O–H groups in total. The summed E-state index contributed by atoms with van der Waals surface area (Å²) < 4.78 is 5.74. The standard InChI is InChI=1S/C15H13N5O2/c16-8-11-1-3-19-14(7-11)22-12-2-6-20(10-12)15(21)13-9-17-4-5-18-13/h1,3-5,7,9,12H,2,6,10H2. The number of carbonyl (C=O) groups excluding carboxylic acids is 1. The van der Waals surface area contributed by atoms with Crippen molar-refractivity contribution in [3.63, 3.8) is 0 Å². The van der Waals surface area contributed by atoms with Crippen LogP contribution in [-0.2, 0) is 0 Å². The quantitative estimate of drug-likeness (QED) is 0.840. The van der Waals surface area contributed by atoms with E-state index in [0.29, 0.717) is 36.6 Å². The second kappa shape index (κ2) is 6.18. The van der Waals surface area contributed by atoms with Gasteiger partial charge < -0.3 is 9.64 Å². The van der Waals surface area contributed by atoms with E-state index in [1.54, 1.807) is 17.0 Å². The average Bonchev–Trinajstić information content (AvgIpc) is 3.03. The number of hydrogen-bond donors (Lipinski definition) is 0. The van der Waals surface area contributed by atoms with Crippen LogP contribution in [0.25, 0.3) is 0 Å². The number of carbonyl (C=O) groups is 1. The van der Waals surface area contributed by atoms with Gasteiger partial charge in [0.25, 0.3) is 5.91 Å². The predicted octanol–water partition coefficient (Wildman–Crippen LogP) is 1.04. The summed E-state index contributed by atoms with van der Waals surface area (Å²) in [6.07, 6.45) is 6.58. The van der Waals surface area contributed by atoms with Crippen LogP contribution in [0.5, 0.6) is 5.88 Å². The topological polar surface area (TPSA) is 92.0 Å². The van der Waals surface area contributed by atoms with Gasteiger partial charge in [0.2, 0.25) is 5.88 Å². The summed E-state index contributed by atoms with van der Waals surface area (Å²) in [5.41, 5.74) is 0.822. The number of amides is 1. The number of likely N-dealkylation sites (tertiary alicyclic amines) is 1. The molecule has 2 aromatic heterocycles. The zero-order valence-electron chi connectivity index (χ0n) is 11.7. The summed E-state index contributed by atoms with van der Waals surface area (Å²) in [7, 11) is 0. The van der Waals surface area contributed by atoms with Gasteiger partial charge in [-0.2, -0.15) is 5.26 Å². The lowest BCUT2D eigenvalue weighted by Gasteiger charge is -2.16. The van der Waals surface area contributed by atoms with Gasteiger partial charge in [-0.3, -0.25) is 9.78 Å². The van der Waals surface area contributed by atoms with Crippen molar-refractivity contribution in [1.29, 1.82) is 5.26 Å². The van der Waals surface area contributed by atoms with Crippen LogP contribution in [0.2, 0.25) is 0 Å². The van der Waals surface area contributed by atoms with Crippen molar-refractivity contribution in [1.82, 2.24) is 19.9 Å². The van der Waals surface area contributed by atoms with Gasteiger partial charge in [-0.15, -0.1) is 0 Å². The molecule has 1 atom stereocenters. The Morgan fingerprint density at radius 1 is 1.36 bits per heavy atom. The third-order valence-corrected chi connectivity index (χ3v) is 3.37. The molecule has 0 saturated carbocycles. The molecular weight excluding hydrogens is 282 g/mol. The normalized spacial score (nSPS) is 17.0. The van der Waals surface area contributed by atoms with Gasteiger partial charge in [-0.05, 0) is 6.07 Å². The average molecular weight is 295 g/mol. The molecule has 0 spiro atoms. The molecule has 1 saturated heterocycles. The Morgan fingerprint density at radius 3 is 3.05 bits per heavy atom. The van der Waals surface area contributed by atoms with Crippen molar-refractivity contribution < 1.29 is 9.53 Å². The van der Waals surface area contributed by atoms with E-state index < -0.39 is 0 Å². The van der Waals surface area contributed by atoms with E-state index in [0.717, 1.165) is 0 Å². The van der Waals surface area contributed by atoms with Gasteiger partial charge in [0, 0.05) is 37.6 Å². The minimum absolute atomic E-state index is 0.137. The van der Waals surface area contributed by atoms with E-state index in [-0.39, 0.29) is 12.0 Å². The van der Waals surface area contributed by atoms with Crippen molar-refractivity contribution in [2.75, 3.05) is 13.1 Å². The second-order valence-electron chi connectivity index (χ2n) is 4.86. The molecule has 22 heavy (non-hydrogen) atoms. The molecule has 1 fully saturated rings. The summed E-state index contributed by atoms with van der Waals surface area (Å²) >= 11 is 0. The summed E-state index contributed by atoms with van der Waals surface area (Å²) in [4.78, 5) is 25.9. The first kappa shape index (κ1) is 13.9. The summed E-state index contributed by atoms with van der Waals surface area (Å²) in [5, 5.41) is 8.86. The number of ether oxygens (including phenoxy) is 1. The Bertz CT molecular complexity index is 713. The molecule has 1 unspecified atom stereocenters. The lowest BCUT2D eigenvalue weighted by Crippen LogP contribution is -2.31. The second-order valence-corrected chi connectivity index (χ2v) is 4.86. The molecule has 110 valence electrons. The smallest absolute Gasteiger partial charge is 0.274 e. The van der Waals surface area contributed by atoms with Crippen LogP contribution in [0.15, 0.2) is 36.9 Å². The molecule has 1 amide bonds. The number of nitriles is 1. The van der Waals surface area contributed by atoms with Crippen LogP contribution in [0.3, 0.4) is 0 Å². The first-order chi connectivity index (χ1) is 10.8. The molecule has 0 aliphatic carbocycles. The first-order valence-electron chi connectivity index (χ1n) is 6.84. The Kier molecular flexibility index (Phi) is 3.92. The molecule has 0 bridgehead atoms. The maximum absolute atomic E-state index is 12.3. The molecule has 1 aliphatic heterocycles. The third-order valence-electron chi connectivity index (χ3n) is 3.37. The van der Waals surface area contributed by atoms with Crippen molar-refractivity contribution >= 4 is 5.91 Å². The van der Waals surface area contributed by atoms with Gasteiger partial charge in [0.15, 0.2) is 0 Å². The van der Waals surface area contributed by atoms with E-state index >= 15 is 0 Å². The lowest BCUT2D eigenvalue weighted by molar-refractivity contribution is 0.0765. The van der Waals surface area contributed by atoms with Gasteiger partial charge in [0.1, 0.15) is 11.8 Å². The van der Waals surface area contributed by atoms with E-state index in [9.17, 15) is 4.79 Å². The molecule has 0 aromatic carbocycles. The lowest BCUT2D eigenvalue weighted by atomic mass is 10.3. The van der Waals surface area contributed by atoms with Gasteiger partial charge in [-0.1, -0.05) is 0 Å². The maximum atomic E-state index is 12.3. The zero-order chi connectivity index (χ0) is 15.4. The van der Waals surface area contributed by atoms with E-state index in [1.165, 1.54) is 24.8 Å². The fourth-order valence-electron chi connectivity index (χ4n) is 2.29. The van der Waals surface area contributed by atoms with E-state index in [1.807, 2.05) is 6.07 Å². The van der Waals surface area contributed by atoms with Crippen molar-refractivity contribution in [2.45, 2.75) is 12.5 Å². The zero-order valence-corrected chi connectivity index (χ0v) is 11.7. The van der Waals surface area contributed by atoms with Gasteiger partial charge in [0.05, 0.1) is 24.4 Å². The number of rotatable bonds is 3. The number of nitrogens with zero attached hydrogens (tertiary/aromatic N) is 5. The molecule has 0 radical (unpaired) electrons. The predicted molar refractivity (Wildman–Crippen MR) is 75.9 cm³/mol. The summed E-state index contributed by atoms with van der Waals surface area (Å²) in [6.45, 7) is 1.06. The minimum Gasteiger partial charge on any atom is -0.472 e. The monoisotopic (exact) mass is 295 g/mol. The van der Waals surface area contributed by atoms with Gasteiger partial charge >= 0.3 is 0 Å². The highest BCUT2D eigenvalue weighted by Gasteiger charge is 2.29. The van der Waals surface area contributed by atoms with Gasteiger partial charge in [-0.25, -0.2) is 9.97 Å². The Morgan fingerprint density at radius 2 is 2.27 bits per heavy atom. The van der Waals surface area contributed by atoms with Crippen molar-refractivity contribution in [2.24, 2.45) is 0 Å². The van der Waals surface area contributed by atoms with E-state index in [4.69, 9.17) is 10.00 Å². The van der Waals surface area contributed by atoms with Crippen LogP contribution >= 0.6 is 0 Å². The van der Waals surface area contributed by atoms with Crippen molar-refractivity contribution in [3.8, 4) is 11.9 Å². The van der Waals surface area contributed by atoms with E-state index in [2.05, 4.69) is 15.0 Å². The third kappa shape index (κ3) is 3.01. The highest BCUT2D eigenvalue weighted by atomic mass is 16.5. The largest absolute Gasteiger partial charge is 0.472 e. The Balaban J connectivity index is 1.63. The summed E-state index contributed by atoms with van der Waals surface area (Å²) in [6, 6.07) is 5.25. The van der Waals surface area contributed by atoms with Crippen molar-refractivity contribution in [3.05, 3.63) is 48.2 Å². The van der Waals surface area contributed by atoms with Crippen LogP contribution in [0, 0.1) is 11.3 Å². The number of pyridine rings is 1. The fourth-order valence-corrected chi connectivity index (χ4v) is 2.29. The Hall–Kier alpha value is -3.01. The molecule has 3 rings (SSSR count). The number of hydrogen-bond acceptors (Lipinski definition) is 6. The fraction of sp³-hybridized carbons (Fsp3) is 0.267. The molecular formula is C15H13N5O2. The highest BCUT2D eigenvalue weighted by Crippen LogP contribution is 2.18. The highest BCUT2D eigenvalue weighted by molar-refractivity contribution is 5.92. The minimum atomic E-state index is -0.155. The molecule has 1 aliphatic rings. The SMILES string of the molecule is N#Cc1ccnc(OC2CCN(C(=O)c3cnccn3)C2)c1. The molecule has 7 nitrogen and oxygen atoms in total. The number of aromatic nitrogens is 3. The van der Waals surface area contributed by atoms with Crippen LogP contribution in [-0.4, -0.2) is 45.0 Å². The van der Waals surface area contributed by atoms with Crippen LogP contribution < -0.4 is 4.74 Å². The summed E-state index contributed by atoms with van der Waals surface area (Å²) in [5.74, 6) is 0.246. The first-order valence-corrected chi connectivity index (χ1v) is 6.84. The molecule has 2 aromatic rings. The molecule has 3 heterocycles.